The van der Waals surface area contributed by atoms with Crippen LogP contribution in [0.3, 0.4) is 0 Å². The topological polar surface area (TPSA) is 101 Å². The molecule has 4 aliphatic rings. The Morgan fingerprint density at radius 2 is 1.52 bits per heavy atom. The first kappa shape index (κ1) is 28.7. The van der Waals surface area contributed by atoms with Gasteiger partial charge in [-0.2, -0.15) is 5.10 Å². The van der Waals surface area contributed by atoms with Crippen LogP contribution in [0, 0.1) is 5.41 Å². The van der Waals surface area contributed by atoms with Crippen molar-refractivity contribution in [2.45, 2.75) is 48.3 Å². The first-order valence-corrected chi connectivity index (χ1v) is 16.1. The van der Waals surface area contributed by atoms with Crippen LogP contribution in [0.15, 0.2) is 88.4 Å². The third-order valence-corrected chi connectivity index (χ3v) is 11.4. The average molecular weight is 624 g/mol. The maximum atomic E-state index is 14.3. The van der Waals surface area contributed by atoms with Gasteiger partial charge < -0.3 is 4.90 Å². The van der Waals surface area contributed by atoms with Gasteiger partial charge in [-0.1, -0.05) is 77.8 Å². The number of rotatable bonds is 3. The number of benzene rings is 3. The van der Waals surface area contributed by atoms with Crippen LogP contribution in [0.1, 0.15) is 54.7 Å². The summed E-state index contributed by atoms with van der Waals surface area (Å²) in [6, 6.07) is 24.9. The molecule has 1 saturated carbocycles. The quantitative estimate of drug-likeness (QED) is 0.268. The summed E-state index contributed by atoms with van der Waals surface area (Å²) in [6.07, 6.45) is 2.63. The standard InChI is InChI=1S/C31H32Cl2N6O2S/c1-38(2)28(34)35-29-37-42(40,41)31(23-10-14-25(33)15-11-23)18-16-30(17-19-31)20-26(21-6-4-3-5-7-21)27(36-39(29)30)22-8-12-24(32)13-9-22/h3-15,26H,16-20H2,1-2H3,(H2,34,35,37). The Morgan fingerprint density at radius 1 is 0.929 bits per heavy atom. The molecule has 7 rings (SSSR count). The van der Waals surface area contributed by atoms with Crippen LogP contribution in [0.2, 0.25) is 10.0 Å². The molecule has 1 atom stereocenters. The Balaban J connectivity index is 1.57. The van der Waals surface area contributed by atoms with Crippen LogP contribution in [0.25, 0.3) is 0 Å². The van der Waals surface area contributed by atoms with E-state index in [4.69, 9.17) is 33.7 Å². The second-order valence-electron chi connectivity index (χ2n) is 11.5. The highest BCUT2D eigenvalue weighted by atomic mass is 35.5. The molecule has 1 spiro atoms. The Labute approximate surface area is 256 Å². The first-order valence-electron chi connectivity index (χ1n) is 13.9. The molecule has 0 saturated heterocycles. The smallest absolute Gasteiger partial charge is 0.266 e. The lowest BCUT2D eigenvalue weighted by molar-refractivity contribution is 0.0758. The van der Waals surface area contributed by atoms with Crippen molar-refractivity contribution in [2.24, 2.45) is 9.50 Å². The number of hydrazone groups is 1. The summed E-state index contributed by atoms with van der Waals surface area (Å²) in [5, 5.41) is 19.7. The van der Waals surface area contributed by atoms with E-state index < -0.39 is 20.3 Å². The number of hydrogen-bond donors (Lipinski definition) is 2. The van der Waals surface area contributed by atoms with Gasteiger partial charge in [0.05, 0.1) is 11.3 Å². The third-order valence-electron chi connectivity index (χ3n) is 8.85. The van der Waals surface area contributed by atoms with E-state index in [0.29, 0.717) is 47.7 Å². The molecule has 2 bridgehead atoms. The molecule has 218 valence electrons. The van der Waals surface area contributed by atoms with E-state index in [0.717, 1.165) is 16.8 Å². The third kappa shape index (κ3) is 4.87. The van der Waals surface area contributed by atoms with Crippen LogP contribution < -0.4 is 5.32 Å². The van der Waals surface area contributed by atoms with Gasteiger partial charge in [0.2, 0.25) is 5.96 Å². The molecule has 1 unspecified atom stereocenters. The lowest BCUT2D eigenvalue weighted by Crippen LogP contribution is -2.63. The zero-order valence-corrected chi connectivity index (χ0v) is 25.7. The largest absolute Gasteiger partial charge is 0.349 e. The Morgan fingerprint density at radius 3 is 2.12 bits per heavy atom. The normalized spacial score (nSPS) is 27.5. The van der Waals surface area contributed by atoms with E-state index >= 15 is 0 Å². The minimum absolute atomic E-state index is 0.00418. The van der Waals surface area contributed by atoms with Gasteiger partial charge in [-0.05, 0) is 73.1 Å². The molecular formula is C31H32Cl2N6O2S. The van der Waals surface area contributed by atoms with Crippen molar-refractivity contribution < 1.29 is 8.42 Å². The molecule has 1 aliphatic carbocycles. The molecular weight excluding hydrogens is 591 g/mol. The molecule has 3 aliphatic heterocycles. The minimum atomic E-state index is -4.11. The molecule has 0 amide bonds. The van der Waals surface area contributed by atoms with Crippen LogP contribution in [0.4, 0.5) is 0 Å². The number of nitrogens with zero attached hydrogens (tertiary/aromatic N) is 4. The van der Waals surface area contributed by atoms with Crippen molar-refractivity contribution in [3.63, 3.8) is 0 Å². The van der Waals surface area contributed by atoms with Crippen molar-refractivity contribution in [3.8, 4) is 0 Å². The van der Waals surface area contributed by atoms with E-state index in [-0.39, 0.29) is 17.8 Å². The van der Waals surface area contributed by atoms with E-state index in [2.05, 4.69) is 21.8 Å². The molecule has 1 fully saturated rings. The predicted octanol–water partition coefficient (Wildman–Crippen LogP) is 6.18. The van der Waals surface area contributed by atoms with Gasteiger partial charge in [-0.3, -0.25) is 10.7 Å². The highest BCUT2D eigenvalue weighted by molar-refractivity contribution is 7.91. The fourth-order valence-electron chi connectivity index (χ4n) is 6.48. The maximum absolute atomic E-state index is 14.3. The minimum Gasteiger partial charge on any atom is -0.349 e. The summed E-state index contributed by atoms with van der Waals surface area (Å²) in [7, 11) is -0.678. The molecule has 0 aromatic heterocycles. The van der Waals surface area contributed by atoms with Gasteiger partial charge in [0.15, 0.2) is 5.96 Å². The fraction of sp³-hybridized carbons (Fsp3) is 0.323. The molecule has 8 nitrogen and oxygen atoms in total. The second kappa shape index (κ2) is 10.7. The van der Waals surface area contributed by atoms with Crippen molar-refractivity contribution in [3.05, 3.63) is 106 Å². The predicted molar refractivity (Wildman–Crippen MR) is 169 cm³/mol. The summed E-state index contributed by atoms with van der Waals surface area (Å²) in [5.74, 6) is -0.00818. The van der Waals surface area contributed by atoms with Gasteiger partial charge in [0, 0.05) is 30.1 Å². The SMILES string of the molecule is CN(C)C(=N)N/C1=N\S(=O)(=O)C2(c3ccc(Cl)cc3)CCC3(CC2)CC(c2ccccc2)C(c2ccc(Cl)cc2)=NN13. The molecule has 3 aromatic rings. The number of sulfonamides is 1. The van der Waals surface area contributed by atoms with Crippen LogP contribution in [-0.4, -0.2) is 55.6 Å². The van der Waals surface area contributed by atoms with Crippen molar-refractivity contribution in [1.29, 1.82) is 5.41 Å². The fourth-order valence-corrected chi connectivity index (χ4v) is 8.41. The summed E-state index contributed by atoms with van der Waals surface area (Å²) < 4.78 is 31.8. The summed E-state index contributed by atoms with van der Waals surface area (Å²) in [4.78, 5) is 1.56. The lowest BCUT2D eigenvalue weighted by atomic mass is 9.67. The summed E-state index contributed by atoms with van der Waals surface area (Å²) in [6.45, 7) is 0. The van der Waals surface area contributed by atoms with Crippen molar-refractivity contribution in [1.82, 2.24) is 15.2 Å². The second-order valence-corrected chi connectivity index (χ2v) is 14.2. The maximum Gasteiger partial charge on any atom is 0.266 e. The van der Waals surface area contributed by atoms with E-state index in [1.165, 1.54) is 0 Å². The number of halogens is 2. The lowest BCUT2D eigenvalue weighted by Gasteiger charge is -2.54. The van der Waals surface area contributed by atoms with Crippen LogP contribution >= 0.6 is 23.2 Å². The first-order chi connectivity index (χ1) is 20.0. The summed E-state index contributed by atoms with van der Waals surface area (Å²) in [5.41, 5.74) is 2.97. The Bertz CT molecular complexity index is 1660. The Hall–Kier alpha value is -3.40. The van der Waals surface area contributed by atoms with Crippen LogP contribution in [0.5, 0.6) is 0 Å². The van der Waals surface area contributed by atoms with Gasteiger partial charge >= 0.3 is 0 Å². The molecule has 3 aromatic carbocycles. The molecule has 11 heteroatoms. The highest BCUT2D eigenvalue weighted by Gasteiger charge is 2.58. The molecule has 0 radical (unpaired) electrons. The Kier molecular flexibility index (Phi) is 7.32. The van der Waals surface area contributed by atoms with Gasteiger partial charge in [-0.15, -0.1) is 4.40 Å². The van der Waals surface area contributed by atoms with Gasteiger partial charge in [0.25, 0.3) is 10.0 Å². The zero-order chi connectivity index (χ0) is 29.7. The number of guanidine groups is 2. The average Bonchev–Trinajstić information content (AvgIpc) is 2.98. The van der Waals surface area contributed by atoms with Gasteiger partial charge in [0.1, 0.15) is 4.75 Å². The number of nitrogens with one attached hydrogen (secondary N) is 2. The summed E-state index contributed by atoms with van der Waals surface area (Å²) >= 11 is 12.4. The molecule has 42 heavy (non-hydrogen) atoms. The van der Waals surface area contributed by atoms with Crippen LogP contribution in [-0.2, 0) is 14.8 Å². The monoisotopic (exact) mass is 622 g/mol. The molecule has 2 N–H and O–H groups in total. The number of hydrogen-bond acceptors (Lipinski definition) is 5. The molecule has 3 heterocycles. The van der Waals surface area contributed by atoms with E-state index in [1.54, 1.807) is 48.3 Å². The van der Waals surface area contributed by atoms with E-state index in [1.807, 2.05) is 42.5 Å². The zero-order valence-electron chi connectivity index (χ0n) is 23.4. The van der Waals surface area contributed by atoms with Gasteiger partial charge in [-0.25, -0.2) is 13.4 Å². The van der Waals surface area contributed by atoms with E-state index in [9.17, 15) is 8.42 Å². The van der Waals surface area contributed by atoms with Crippen molar-refractivity contribution >= 4 is 50.9 Å². The highest BCUT2D eigenvalue weighted by Crippen LogP contribution is 2.55. The van der Waals surface area contributed by atoms with Crippen molar-refractivity contribution in [2.75, 3.05) is 14.1 Å². The number of fused-ring (bicyclic) bond motifs is 3.